The first kappa shape index (κ1) is 49.8. The van der Waals surface area contributed by atoms with Crippen LogP contribution in [0.2, 0.25) is 0 Å². The zero-order chi connectivity index (χ0) is 37.0. The van der Waals surface area contributed by atoms with Gasteiger partial charge in [-0.2, -0.15) is 0 Å². The molecule has 7 heteroatoms. The van der Waals surface area contributed by atoms with Crippen molar-refractivity contribution in [1.29, 1.82) is 0 Å². The molecule has 0 atom stereocenters. The van der Waals surface area contributed by atoms with Crippen LogP contribution in [-0.2, 0) is 33.3 Å². The van der Waals surface area contributed by atoms with Crippen LogP contribution in [0, 0.1) is 0 Å². The Morgan fingerprint density at radius 3 is 0.745 bits per heavy atom. The summed E-state index contributed by atoms with van der Waals surface area (Å²) in [4.78, 5) is 23.6. The van der Waals surface area contributed by atoms with Gasteiger partial charge in [0.05, 0.1) is 39.6 Å². The minimum Gasteiger partial charge on any atom is -0.464 e. The molecule has 0 aliphatic heterocycles. The maximum atomic E-state index is 11.8. The normalized spacial score (nSPS) is 11.3. The van der Waals surface area contributed by atoms with E-state index in [2.05, 4.69) is 13.8 Å². The van der Waals surface area contributed by atoms with Crippen LogP contribution >= 0.6 is 0 Å². The molecule has 0 radical (unpaired) electrons. The minimum atomic E-state index is -0.322. The van der Waals surface area contributed by atoms with Crippen molar-refractivity contribution in [2.24, 2.45) is 0 Å². The first-order valence-corrected chi connectivity index (χ1v) is 22.2. The van der Waals surface area contributed by atoms with E-state index in [-0.39, 0.29) is 25.2 Å². The molecule has 0 saturated carbocycles. The average Bonchev–Trinajstić information content (AvgIpc) is 3.13. The summed E-state index contributed by atoms with van der Waals surface area (Å²) in [6.07, 6.45) is 42.5. The van der Waals surface area contributed by atoms with Crippen LogP contribution in [0.5, 0.6) is 0 Å². The molecule has 7 nitrogen and oxygen atoms in total. The molecule has 0 aromatic carbocycles. The lowest BCUT2D eigenvalue weighted by Crippen LogP contribution is -2.18. The number of ether oxygens (including phenoxy) is 5. The van der Waals surface area contributed by atoms with Gasteiger partial charge in [-0.25, -0.2) is 9.59 Å². The van der Waals surface area contributed by atoms with Crippen LogP contribution in [0.4, 0.5) is 0 Å². The molecule has 0 aromatic rings. The van der Waals surface area contributed by atoms with Crippen molar-refractivity contribution in [2.45, 2.75) is 219 Å². The van der Waals surface area contributed by atoms with Crippen molar-refractivity contribution in [3.05, 3.63) is 0 Å². The van der Waals surface area contributed by atoms with Gasteiger partial charge in [-0.05, 0) is 12.8 Å². The number of unbranched alkanes of at least 4 members (excludes halogenated alkanes) is 30. The van der Waals surface area contributed by atoms with Gasteiger partial charge in [0.2, 0.25) is 0 Å². The fourth-order valence-corrected chi connectivity index (χ4v) is 6.40. The van der Waals surface area contributed by atoms with Gasteiger partial charge in [-0.1, -0.05) is 206 Å². The summed E-state index contributed by atoms with van der Waals surface area (Å²) in [5, 5.41) is 0. The van der Waals surface area contributed by atoms with Gasteiger partial charge < -0.3 is 23.7 Å². The summed E-state index contributed by atoms with van der Waals surface area (Å²) in [6.45, 7) is 6.74. The van der Waals surface area contributed by atoms with E-state index in [4.69, 9.17) is 23.7 Å². The summed E-state index contributed by atoms with van der Waals surface area (Å²) < 4.78 is 26.6. The van der Waals surface area contributed by atoms with Gasteiger partial charge in [0, 0.05) is 0 Å². The third-order valence-corrected chi connectivity index (χ3v) is 9.71. The van der Waals surface area contributed by atoms with Gasteiger partial charge in [-0.15, -0.1) is 0 Å². The fraction of sp³-hybridized carbons (Fsp3) is 0.955. The fourth-order valence-electron chi connectivity index (χ4n) is 6.40. The second-order valence-corrected chi connectivity index (χ2v) is 14.8. The molecule has 0 spiro atoms. The summed E-state index contributed by atoms with van der Waals surface area (Å²) in [7, 11) is 0. The maximum absolute atomic E-state index is 11.8. The van der Waals surface area contributed by atoms with Crippen LogP contribution in [0.25, 0.3) is 0 Å². The quantitative estimate of drug-likeness (QED) is 0.0457. The van der Waals surface area contributed by atoms with E-state index in [0.29, 0.717) is 39.6 Å². The Kier molecular flexibility index (Phi) is 43.9. The molecule has 0 unspecified atom stereocenters. The van der Waals surface area contributed by atoms with Crippen molar-refractivity contribution >= 4 is 11.9 Å². The Hall–Kier alpha value is -1.18. The third-order valence-electron chi connectivity index (χ3n) is 9.71. The number of hydrogen-bond donors (Lipinski definition) is 0. The number of hydrogen-bond acceptors (Lipinski definition) is 7. The van der Waals surface area contributed by atoms with Crippen molar-refractivity contribution < 1.29 is 33.3 Å². The maximum Gasteiger partial charge on any atom is 0.332 e. The number of esters is 2. The van der Waals surface area contributed by atoms with Crippen LogP contribution in [-0.4, -0.2) is 64.8 Å². The predicted molar refractivity (Wildman–Crippen MR) is 213 cm³/mol. The molecule has 0 fully saturated rings. The van der Waals surface area contributed by atoms with Crippen molar-refractivity contribution in [3.63, 3.8) is 0 Å². The number of carbonyl (C=O) groups excluding carboxylic acids is 2. The topological polar surface area (TPSA) is 80.3 Å². The summed E-state index contributed by atoms with van der Waals surface area (Å²) in [6, 6.07) is 0. The van der Waals surface area contributed by atoms with E-state index in [9.17, 15) is 9.59 Å². The van der Waals surface area contributed by atoms with E-state index in [1.54, 1.807) is 0 Å². The molecule has 0 N–H and O–H groups in total. The molecule has 0 saturated heterocycles. The monoisotopic (exact) mass is 727 g/mol. The Bertz CT molecular complexity index is 630. The molecule has 0 aliphatic carbocycles. The van der Waals surface area contributed by atoms with Gasteiger partial charge >= 0.3 is 11.9 Å². The molecule has 0 amide bonds. The SMILES string of the molecule is CCCCCCCCCCCCCCCCCCOC(=O)COCCOCCOCC(=O)OCCCCCCCCCCCCCCCCCC. The number of carbonyl (C=O) groups is 2. The van der Waals surface area contributed by atoms with Crippen LogP contribution in [0.15, 0.2) is 0 Å². The molecule has 0 heterocycles. The van der Waals surface area contributed by atoms with Crippen molar-refractivity contribution in [3.8, 4) is 0 Å². The Morgan fingerprint density at radius 1 is 0.275 bits per heavy atom. The summed E-state index contributed by atoms with van der Waals surface area (Å²) in [5.74, 6) is -0.644. The van der Waals surface area contributed by atoms with E-state index >= 15 is 0 Å². The van der Waals surface area contributed by atoms with Gasteiger partial charge in [0.25, 0.3) is 0 Å². The second-order valence-electron chi connectivity index (χ2n) is 14.8. The van der Waals surface area contributed by atoms with Crippen LogP contribution in [0.1, 0.15) is 219 Å². The highest BCUT2D eigenvalue weighted by molar-refractivity contribution is 5.70. The zero-order valence-electron chi connectivity index (χ0n) is 34.1. The van der Waals surface area contributed by atoms with Crippen molar-refractivity contribution in [1.82, 2.24) is 0 Å². The van der Waals surface area contributed by atoms with E-state index in [1.165, 1.54) is 180 Å². The molecule has 304 valence electrons. The largest absolute Gasteiger partial charge is 0.464 e. The average molecular weight is 727 g/mol. The van der Waals surface area contributed by atoms with E-state index < -0.39 is 0 Å². The lowest BCUT2D eigenvalue weighted by molar-refractivity contribution is -0.149. The summed E-state index contributed by atoms with van der Waals surface area (Å²) >= 11 is 0. The highest BCUT2D eigenvalue weighted by atomic mass is 16.6. The van der Waals surface area contributed by atoms with E-state index in [1.807, 2.05) is 0 Å². The smallest absolute Gasteiger partial charge is 0.332 e. The first-order valence-electron chi connectivity index (χ1n) is 22.2. The second kappa shape index (κ2) is 45.0. The standard InChI is InChI=1S/C44H86O7/c1-3-5-7-9-11-13-15-17-19-21-23-25-27-29-31-33-35-50-43(45)41-48-39-37-47-38-40-49-42-44(46)51-36-34-32-30-28-26-24-22-20-18-16-14-12-10-8-6-4-2/h3-42H2,1-2H3. The van der Waals surface area contributed by atoms with Gasteiger partial charge in [0.15, 0.2) is 0 Å². The molecule has 0 aromatic heterocycles. The molecular weight excluding hydrogens is 640 g/mol. The minimum absolute atomic E-state index is 0.0516. The number of rotatable bonds is 44. The lowest BCUT2D eigenvalue weighted by Gasteiger charge is -2.08. The highest BCUT2D eigenvalue weighted by Gasteiger charge is 2.05. The van der Waals surface area contributed by atoms with E-state index in [0.717, 1.165) is 25.7 Å². The van der Waals surface area contributed by atoms with Crippen LogP contribution in [0.3, 0.4) is 0 Å². The van der Waals surface area contributed by atoms with Gasteiger partial charge in [0.1, 0.15) is 13.2 Å². The molecule has 0 bridgehead atoms. The van der Waals surface area contributed by atoms with Crippen LogP contribution < -0.4 is 0 Å². The molecule has 0 rings (SSSR count). The Balaban J connectivity index is 3.23. The highest BCUT2D eigenvalue weighted by Crippen LogP contribution is 2.15. The van der Waals surface area contributed by atoms with Crippen molar-refractivity contribution in [2.75, 3.05) is 52.9 Å². The predicted octanol–water partition coefficient (Wildman–Crippen LogP) is 12.6. The molecule has 51 heavy (non-hydrogen) atoms. The first-order chi connectivity index (χ1) is 25.2. The molecule has 0 aliphatic rings. The van der Waals surface area contributed by atoms with Gasteiger partial charge in [-0.3, -0.25) is 0 Å². The third kappa shape index (κ3) is 44.9. The Labute approximate surface area is 316 Å². The lowest BCUT2D eigenvalue weighted by atomic mass is 10.0. The zero-order valence-corrected chi connectivity index (χ0v) is 34.1. The molecular formula is C44H86O7. The summed E-state index contributed by atoms with van der Waals surface area (Å²) in [5.41, 5.74) is 0. The Morgan fingerprint density at radius 2 is 0.490 bits per heavy atom.